The van der Waals surface area contributed by atoms with E-state index in [0.29, 0.717) is 24.9 Å². The van der Waals surface area contributed by atoms with E-state index in [4.69, 9.17) is 9.47 Å². The summed E-state index contributed by atoms with van der Waals surface area (Å²) in [4.78, 5) is 0. The predicted molar refractivity (Wildman–Crippen MR) is 37.7 cm³/mol. The van der Waals surface area contributed by atoms with E-state index in [-0.39, 0.29) is 0 Å². The summed E-state index contributed by atoms with van der Waals surface area (Å²) in [6.07, 6.45) is 5.57. The lowest BCUT2D eigenvalue weighted by atomic mass is 10.0. The van der Waals surface area contributed by atoms with Gasteiger partial charge in [-0.3, -0.25) is 0 Å². The molecular weight excluding hydrogens is 140 g/mol. The lowest BCUT2D eigenvalue weighted by molar-refractivity contribution is 0.0208. The first kappa shape index (κ1) is 5.33. The summed E-state index contributed by atoms with van der Waals surface area (Å²) in [6.45, 7) is 0.537. The summed E-state index contributed by atoms with van der Waals surface area (Å²) in [5, 5.41) is 0. The van der Waals surface area contributed by atoms with Gasteiger partial charge >= 0.3 is 0 Å². The molecule has 0 N–H and O–H groups in total. The van der Waals surface area contributed by atoms with Crippen LogP contribution in [-0.2, 0) is 9.47 Å². The van der Waals surface area contributed by atoms with Crippen LogP contribution in [0.5, 0.6) is 0 Å². The van der Waals surface area contributed by atoms with Crippen molar-refractivity contribution in [2.75, 3.05) is 6.79 Å². The largest absolute Gasteiger partial charge is 0.349 e. The Labute approximate surface area is 65.2 Å². The van der Waals surface area contributed by atoms with Crippen LogP contribution < -0.4 is 0 Å². The second-order valence-electron chi connectivity index (χ2n) is 4.07. The molecule has 2 unspecified atom stereocenters. The van der Waals surface area contributed by atoms with Crippen molar-refractivity contribution in [3.8, 4) is 0 Å². The molecule has 11 heavy (non-hydrogen) atoms. The maximum atomic E-state index is 5.55. The Hall–Kier alpha value is -0.340. The van der Waals surface area contributed by atoms with Gasteiger partial charge in [0.25, 0.3) is 0 Å². The maximum Gasteiger partial charge on any atom is 0.147 e. The molecule has 0 bridgehead atoms. The minimum Gasteiger partial charge on any atom is -0.349 e. The second-order valence-corrected chi connectivity index (χ2v) is 4.07. The molecule has 1 aliphatic heterocycles. The van der Waals surface area contributed by atoms with Gasteiger partial charge in [-0.2, -0.15) is 0 Å². The zero-order valence-corrected chi connectivity index (χ0v) is 6.14. The van der Waals surface area contributed by atoms with E-state index in [1.807, 2.05) is 0 Å². The molecule has 1 saturated heterocycles. The van der Waals surface area contributed by atoms with Gasteiger partial charge in [-0.05, 0) is 17.8 Å². The van der Waals surface area contributed by atoms with Crippen LogP contribution in [0.4, 0.5) is 0 Å². The highest BCUT2D eigenvalue weighted by Crippen LogP contribution is 2.67. The van der Waals surface area contributed by atoms with E-state index >= 15 is 0 Å². The van der Waals surface area contributed by atoms with Crippen LogP contribution in [0.25, 0.3) is 0 Å². The van der Waals surface area contributed by atoms with Crippen LogP contribution in [0.3, 0.4) is 0 Å². The molecule has 3 fully saturated rings. The molecule has 6 atom stereocenters. The smallest absolute Gasteiger partial charge is 0.147 e. The summed E-state index contributed by atoms with van der Waals surface area (Å²) in [7, 11) is 0. The highest BCUT2D eigenvalue weighted by atomic mass is 16.7. The molecule has 0 aromatic carbocycles. The lowest BCUT2D eigenvalue weighted by Gasteiger charge is -2.14. The van der Waals surface area contributed by atoms with E-state index in [1.54, 1.807) is 0 Å². The van der Waals surface area contributed by atoms with Crippen molar-refractivity contribution < 1.29 is 9.47 Å². The van der Waals surface area contributed by atoms with Crippen molar-refractivity contribution in [3.63, 3.8) is 0 Å². The first-order valence-electron chi connectivity index (χ1n) is 4.38. The van der Waals surface area contributed by atoms with Crippen molar-refractivity contribution in [2.24, 2.45) is 23.7 Å². The highest BCUT2D eigenvalue weighted by Gasteiger charge is 2.70. The first-order valence-corrected chi connectivity index (χ1v) is 4.38. The van der Waals surface area contributed by atoms with Crippen molar-refractivity contribution in [3.05, 3.63) is 12.2 Å². The number of ether oxygens (including phenoxy) is 2. The monoisotopic (exact) mass is 150 g/mol. The van der Waals surface area contributed by atoms with Crippen LogP contribution in [-0.4, -0.2) is 19.0 Å². The minimum absolute atomic E-state index is 0.417. The fraction of sp³-hybridized carbons (Fsp3) is 0.778. The molecule has 58 valence electrons. The molecule has 0 radical (unpaired) electrons. The highest BCUT2D eigenvalue weighted by molar-refractivity contribution is 5.30. The van der Waals surface area contributed by atoms with Gasteiger partial charge in [0, 0.05) is 5.92 Å². The molecule has 4 rings (SSSR count). The van der Waals surface area contributed by atoms with E-state index in [1.165, 1.54) is 0 Å². The van der Waals surface area contributed by atoms with Crippen LogP contribution in [0.2, 0.25) is 0 Å². The fourth-order valence-corrected chi connectivity index (χ4v) is 3.35. The van der Waals surface area contributed by atoms with Gasteiger partial charge in [-0.1, -0.05) is 12.2 Å². The normalized spacial score (nSPS) is 68.4. The van der Waals surface area contributed by atoms with E-state index in [0.717, 1.165) is 17.8 Å². The maximum absolute atomic E-state index is 5.55. The molecular formula is C9H10O2. The quantitative estimate of drug-likeness (QED) is 0.475. The van der Waals surface area contributed by atoms with Gasteiger partial charge in [0.05, 0.1) is 12.2 Å². The average Bonchev–Trinajstić information content (AvgIpc) is 2.48. The van der Waals surface area contributed by atoms with Gasteiger partial charge in [-0.25, -0.2) is 0 Å². The Morgan fingerprint density at radius 2 is 1.73 bits per heavy atom. The predicted octanol–water partition coefficient (Wildman–Crippen LogP) is 0.790. The Kier molecular flexibility index (Phi) is 0.684. The third kappa shape index (κ3) is 0.422. The summed E-state index contributed by atoms with van der Waals surface area (Å²) in [5.41, 5.74) is 0. The lowest BCUT2D eigenvalue weighted by Crippen LogP contribution is -2.25. The first-order chi connectivity index (χ1) is 5.47. The molecule has 0 spiro atoms. The molecule has 0 amide bonds. The summed E-state index contributed by atoms with van der Waals surface area (Å²) in [5.74, 6) is 3.31. The third-order valence-electron chi connectivity index (χ3n) is 3.80. The molecule has 2 saturated carbocycles. The molecule has 2 heteroatoms. The van der Waals surface area contributed by atoms with Crippen molar-refractivity contribution in [1.82, 2.24) is 0 Å². The van der Waals surface area contributed by atoms with Crippen LogP contribution >= 0.6 is 0 Å². The van der Waals surface area contributed by atoms with Crippen molar-refractivity contribution in [2.45, 2.75) is 12.2 Å². The van der Waals surface area contributed by atoms with Gasteiger partial charge < -0.3 is 9.47 Å². The summed E-state index contributed by atoms with van der Waals surface area (Å²) in [6, 6.07) is 0. The van der Waals surface area contributed by atoms with Gasteiger partial charge in [0.1, 0.15) is 6.79 Å². The van der Waals surface area contributed by atoms with Gasteiger partial charge in [0.2, 0.25) is 0 Å². The van der Waals surface area contributed by atoms with E-state index in [2.05, 4.69) is 12.2 Å². The number of allylic oxidation sites excluding steroid dienone is 1. The standard InChI is InChI=1S/C9H10O2/c1-2-5-6-4(1)7(6)9-8(5)10-3-11-9/h1-2,4-9H,3H2/t4-,5?,6-,7+,8-,9?/m0/s1. The van der Waals surface area contributed by atoms with Crippen molar-refractivity contribution >= 4 is 0 Å². The third-order valence-corrected chi connectivity index (χ3v) is 3.80. The van der Waals surface area contributed by atoms with Crippen molar-refractivity contribution in [1.29, 1.82) is 0 Å². The average molecular weight is 150 g/mol. The minimum atomic E-state index is 0.417. The topological polar surface area (TPSA) is 18.5 Å². The number of hydrogen-bond acceptors (Lipinski definition) is 2. The van der Waals surface area contributed by atoms with Crippen LogP contribution in [0.1, 0.15) is 0 Å². The molecule has 2 nitrogen and oxygen atoms in total. The Bertz CT molecular complexity index is 248. The SMILES string of the molecule is C1=C[C@H]2[C@H]3C1[C@@H]1OCOC1[C@H]23. The second kappa shape index (κ2) is 1.41. The Morgan fingerprint density at radius 3 is 2.73 bits per heavy atom. The number of hydrogen-bond donors (Lipinski definition) is 0. The Morgan fingerprint density at radius 1 is 0.909 bits per heavy atom. The molecule has 0 aromatic heterocycles. The molecule has 1 heterocycles. The Balaban J connectivity index is 1.83. The number of fused-ring (bicyclic) bond motifs is 4. The zero-order chi connectivity index (χ0) is 7.00. The van der Waals surface area contributed by atoms with Gasteiger partial charge in [-0.15, -0.1) is 0 Å². The van der Waals surface area contributed by atoms with E-state index < -0.39 is 0 Å². The molecule has 4 aliphatic rings. The fourth-order valence-electron chi connectivity index (χ4n) is 3.35. The van der Waals surface area contributed by atoms with Gasteiger partial charge in [0.15, 0.2) is 0 Å². The molecule has 3 aliphatic carbocycles. The molecule has 0 aromatic rings. The van der Waals surface area contributed by atoms with Crippen LogP contribution in [0, 0.1) is 23.7 Å². The summed E-state index contributed by atoms with van der Waals surface area (Å²) < 4.78 is 11.1. The number of rotatable bonds is 0. The van der Waals surface area contributed by atoms with Crippen LogP contribution in [0.15, 0.2) is 12.2 Å². The summed E-state index contributed by atoms with van der Waals surface area (Å²) >= 11 is 0. The van der Waals surface area contributed by atoms with E-state index in [9.17, 15) is 0 Å². The zero-order valence-electron chi connectivity index (χ0n) is 6.14.